The highest BCUT2D eigenvalue weighted by molar-refractivity contribution is 5.28. The monoisotopic (exact) mass is 249 g/mol. The highest BCUT2D eigenvalue weighted by Crippen LogP contribution is 2.35. The van der Waals surface area contributed by atoms with Crippen molar-refractivity contribution in [2.24, 2.45) is 0 Å². The van der Waals surface area contributed by atoms with Crippen LogP contribution in [0.4, 0.5) is 0 Å². The van der Waals surface area contributed by atoms with Gasteiger partial charge in [-0.1, -0.05) is 40.0 Å². The number of rotatable bonds is 8. The molecule has 0 N–H and O–H groups in total. The van der Waals surface area contributed by atoms with Crippen molar-refractivity contribution in [3.05, 3.63) is 23.9 Å². The summed E-state index contributed by atoms with van der Waals surface area (Å²) in [6.45, 7) is 9.56. The van der Waals surface area contributed by atoms with Crippen LogP contribution >= 0.6 is 0 Å². The molecule has 1 unspecified atom stereocenters. The molecule has 0 aromatic carbocycles. The van der Waals surface area contributed by atoms with E-state index < -0.39 is 0 Å². The van der Waals surface area contributed by atoms with Crippen LogP contribution in [0, 0.1) is 0 Å². The molecule has 0 bridgehead atoms. The summed E-state index contributed by atoms with van der Waals surface area (Å²) >= 11 is 0. The molecular weight excluding hydrogens is 222 g/mol. The molecule has 0 radical (unpaired) electrons. The zero-order chi connectivity index (χ0) is 13.4. The maximum atomic E-state index is 5.51. The van der Waals surface area contributed by atoms with E-state index in [1.807, 2.05) is 13.1 Å². The summed E-state index contributed by atoms with van der Waals surface area (Å²) in [5.41, 5.74) is 1.63. The number of nitrogens with zero attached hydrogens (tertiary/aromatic N) is 1. The van der Waals surface area contributed by atoms with Crippen LogP contribution in [-0.2, 0) is 5.41 Å². The van der Waals surface area contributed by atoms with Crippen molar-refractivity contribution in [3.8, 4) is 5.88 Å². The van der Waals surface area contributed by atoms with Crippen LogP contribution in [0.2, 0.25) is 0 Å². The lowest BCUT2D eigenvalue weighted by molar-refractivity contribution is 0.322. The van der Waals surface area contributed by atoms with Gasteiger partial charge in [-0.15, -0.1) is 0 Å². The number of unbranched alkanes of at least 4 members (excludes halogenated alkanes) is 1. The third-order valence-electron chi connectivity index (χ3n) is 3.61. The Morgan fingerprint density at radius 3 is 2.56 bits per heavy atom. The van der Waals surface area contributed by atoms with E-state index in [-0.39, 0.29) is 5.41 Å². The van der Waals surface area contributed by atoms with E-state index in [9.17, 15) is 0 Å². The molecule has 0 fully saturated rings. The number of hydrogen-bond donors (Lipinski definition) is 0. The largest absolute Gasteiger partial charge is 0.478 e. The maximum absolute atomic E-state index is 5.51. The highest BCUT2D eigenvalue weighted by atomic mass is 16.5. The van der Waals surface area contributed by atoms with E-state index >= 15 is 0 Å². The lowest BCUT2D eigenvalue weighted by Gasteiger charge is -2.30. The Balaban J connectivity index is 2.92. The van der Waals surface area contributed by atoms with Crippen molar-refractivity contribution < 1.29 is 4.74 Å². The number of pyridine rings is 1. The fraction of sp³-hybridized carbons (Fsp3) is 0.688. The first-order valence-corrected chi connectivity index (χ1v) is 7.25. The normalized spacial score (nSPS) is 14.2. The second kappa shape index (κ2) is 7.40. The Hall–Kier alpha value is -1.05. The van der Waals surface area contributed by atoms with Gasteiger partial charge in [-0.05, 0) is 36.8 Å². The standard InChI is InChI=1S/C16H27NO/c1-5-8-11-16(4,10-6-2)14-9-12-17-15(13-14)18-7-3/h9,12-13H,5-8,10-11H2,1-4H3. The van der Waals surface area contributed by atoms with Crippen molar-refractivity contribution >= 4 is 0 Å². The quantitative estimate of drug-likeness (QED) is 0.664. The van der Waals surface area contributed by atoms with Gasteiger partial charge in [0.2, 0.25) is 5.88 Å². The van der Waals surface area contributed by atoms with Gasteiger partial charge in [0.05, 0.1) is 6.61 Å². The van der Waals surface area contributed by atoms with Crippen molar-refractivity contribution in [2.45, 2.75) is 65.2 Å². The minimum atomic E-state index is 0.263. The molecule has 1 aromatic heterocycles. The van der Waals surface area contributed by atoms with Gasteiger partial charge in [0, 0.05) is 12.3 Å². The molecule has 0 saturated carbocycles. The summed E-state index contributed by atoms with van der Waals surface area (Å²) in [5.74, 6) is 0.758. The molecule has 0 aliphatic rings. The first kappa shape index (κ1) is 15.0. The lowest BCUT2D eigenvalue weighted by atomic mass is 9.75. The number of hydrogen-bond acceptors (Lipinski definition) is 2. The van der Waals surface area contributed by atoms with Gasteiger partial charge in [0.1, 0.15) is 0 Å². The summed E-state index contributed by atoms with van der Waals surface area (Å²) < 4.78 is 5.51. The van der Waals surface area contributed by atoms with Crippen LogP contribution in [0.25, 0.3) is 0 Å². The molecule has 1 heterocycles. The Labute approximate surface area is 112 Å². The summed E-state index contributed by atoms with van der Waals surface area (Å²) in [4.78, 5) is 4.26. The average Bonchev–Trinajstić information content (AvgIpc) is 2.37. The summed E-state index contributed by atoms with van der Waals surface area (Å²) in [5, 5.41) is 0. The summed E-state index contributed by atoms with van der Waals surface area (Å²) in [6, 6.07) is 4.27. The van der Waals surface area contributed by atoms with Crippen LogP contribution < -0.4 is 4.74 Å². The topological polar surface area (TPSA) is 22.1 Å². The van der Waals surface area contributed by atoms with Crippen LogP contribution in [0.15, 0.2) is 18.3 Å². The van der Waals surface area contributed by atoms with Gasteiger partial charge < -0.3 is 4.74 Å². The third-order valence-corrected chi connectivity index (χ3v) is 3.61. The maximum Gasteiger partial charge on any atom is 0.213 e. The van der Waals surface area contributed by atoms with Crippen LogP contribution in [0.1, 0.15) is 65.4 Å². The molecule has 1 atom stereocenters. The molecule has 0 spiro atoms. The Morgan fingerprint density at radius 2 is 1.94 bits per heavy atom. The molecule has 0 aliphatic carbocycles. The predicted octanol–water partition coefficient (Wildman–Crippen LogP) is 4.73. The highest BCUT2D eigenvalue weighted by Gasteiger charge is 2.25. The zero-order valence-electron chi connectivity index (χ0n) is 12.3. The Kier molecular flexibility index (Phi) is 6.17. The van der Waals surface area contributed by atoms with Crippen molar-refractivity contribution in [3.63, 3.8) is 0 Å². The van der Waals surface area contributed by atoms with Crippen molar-refractivity contribution in [2.75, 3.05) is 6.61 Å². The molecule has 1 aromatic rings. The fourth-order valence-electron chi connectivity index (χ4n) is 2.54. The van der Waals surface area contributed by atoms with Gasteiger partial charge in [-0.3, -0.25) is 0 Å². The van der Waals surface area contributed by atoms with Gasteiger partial charge >= 0.3 is 0 Å². The van der Waals surface area contributed by atoms with Gasteiger partial charge in [0.15, 0.2) is 0 Å². The zero-order valence-corrected chi connectivity index (χ0v) is 12.3. The molecule has 102 valence electrons. The molecule has 1 rings (SSSR count). The molecule has 0 saturated heterocycles. The second-order valence-corrected chi connectivity index (χ2v) is 5.23. The van der Waals surface area contributed by atoms with Crippen LogP contribution in [0.5, 0.6) is 5.88 Å². The van der Waals surface area contributed by atoms with E-state index in [1.54, 1.807) is 0 Å². The van der Waals surface area contributed by atoms with E-state index in [2.05, 4.69) is 37.9 Å². The van der Waals surface area contributed by atoms with Gasteiger partial charge in [-0.2, -0.15) is 0 Å². The van der Waals surface area contributed by atoms with E-state index in [4.69, 9.17) is 4.74 Å². The van der Waals surface area contributed by atoms with Crippen molar-refractivity contribution in [1.29, 1.82) is 0 Å². The molecular formula is C16H27NO. The van der Waals surface area contributed by atoms with Gasteiger partial charge in [0.25, 0.3) is 0 Å². The molecule has 0 aliphatic heterocycles. The summed E-state index contributed by atoms with van der Waals surface area (Å²) in [7, 11) is 0. The SMILES string of the molecule is CCCCC(C)(CCC)c1ccnc(OCC)c1. The molecule has 18 heavy (non-hydrogen) atoms. The predicted molar refractivity (Wildman–Crippen MR) is 77.2 cm³/mol. The fourth-order valence-corrected chi connectivity index (χ4v) is 2.54. The van der Waals surface area contributed by atoms with E-state index in [0.717, 1.165) is 5.88 Å². The first-order chi connectivity index (χ1) is 8.66. The summed E-state index contributed by atoms with van der Waals surface area (Å²) in [6.07, 6.45) is 8.09. The molecule has 0 amide bonds. The van der Waals surface area contributed by atoms with E-state index in [1.165, 1.54) is 37.7 Å². The minimum Gasteiger partial charge on any atom is -0.478 e. The van der Waals surface area contributed by atoms with Crippen LogP contribution in [0.3, 0.4) is 0 Å². The van der Waals surface area contributed by atoms with E-state index in [0.29, 0.717) is 6.61 Å². The molecule has 2 nitrogen and oxygen atoms in total. The second-order valence-electron chi connectivity index (χ2n) is 5.23. The van der Waals surface area contributed by atoms with Gasteiger partial charge in [-0.25, -0.2) is 4.98 Å². The molecule has 2 heteroatoms. The smallest absolute Gasteiger partial charge is 0.213 e. The first-order valence-electron chi connectivity index (χ1n) is 7.25. The van der Waals surface area contributed by atoms with Crippen LogP contribution in [-0.4, -0.2) is 11.6 Å². The third kappa shape index (κ3) is 4.01. The lowest BCUT2D eigenvalue weighted by Crippen LogP contribution is -2.22. The Bertz CT molecular complexity index is 351. The minimum absolute atomic E-state index is 0.263. The average molecular weight is 249 g/mol. The number of ether oxygens (including phenoxy) is 1. The Morgan fingerprint density at radius 1 is 1.17 bits per heavy atom. The number of aromatic nitrogens is 1. The van der Waals surface area contributed by atoms with Crippen molar-refractivity contribution in [1.82, 2.24) is 4.98 Å².